The number of amides is 1. The molecule has 0 saturated carbocycles. The van der Waals surface area contributed by atoms with Crippen LogP contribution in [0.1, 0.15) is 6.42 Å². The second-order valence-electron chi connectivity index (χ2n) is 6.33. The van der Waals surface area contributed by atoms with E-state index in [9.17, 15) is 9.18 Å². The summed E-state index contributed by atoms with van der Waals surface area (Å²) < 4.78 is 21.7. The molecule has 1 atom stereocenters. The van der Waals surface area contributed by atoms with Gasteiger partial charge in [-0.15, -0.1) is 5.10 Å². The van der Waals surface area contributed by atoms with E-state index in [1.54, 1.807) is 29.2 Å². The molecule has 4 rings (SSSR count). The molecule has 2 fully saturated rings. The monoisotopic (exact) mass is 377 g/mol. The maximum absolute atomic E-state index is 14.7. The number of hydrogen-bond donors (Lipinski definition) is 0. The molecule has 0 N–H and O–H groups in total. The summed E-state index contributed by atoms with van der Waals surface area (Å²) in [6.45, 7) is 2.48. The summed E-state index contributed by atoms with van der Waals surface area (Å²) in [5, 5.41) is 7.61. The van der Waals surface area contributed by atoms with Crippen LogP contribution < -0.4 is 9.80 Å². The summed E-state index contributed by atoms with van der Waals surface area (Å²) >= 11 is 1.90. The van der Waals surface area contributed by atoms with Crippen LogP contribution in [0.4, 0.5) is 20.6 Å². The first-order chi connectivity index (χ1) is 12.7. The first-order valence-corrected chi connectivity index (χ1v) is 9.80. The Bertz CT molecular complexity index is 765. The van der Waals surface area contributed by atoms with E-state index in [0.717, 1.165) is 31.0 Å². The molecular formula is C17H20FN5O2S. The number of cyclic esters (lactones) is 1. The summed E-state index contributed by atoms with van der Waals surface area (Å²) in [5.74, 6) is 1.81. The topological polar surface area (TPSA) is 63.5 Å². The maximum Gasteiger partial charge on any atom is 0.414 e. The number of ether oxygens (including phenoxy) is 1. The zero-order chi connectivity index (χ0) is 17.9. The number of thioether (sulfide) groups is 1. The highest BCUT2D eigenvalue weighted by atomic mass is 32.2. The molecule has 7 nitrogen and oxygen atoms in total. The fraction of sp³-hybridized carbons (Fsp3) is 0.471. The molecule has 2 aromatic rings. The Morgan fingerprint density at radius 3 is 3.04 bits per heavy atom. The molecular weight excluding hydrogens is 357 g/mol. The van der Waals surface area contributed by atoms with Crippen molar-refractivity contribution in [1.82, 2.24) is 15.0 Å². The molecule has 26 heavy (non-hydrogen) atoms. The van der Waals surface area contributed by atoms with Crippen LogP contribution >= 0.6 is 11.8 Å². The van der Waals surface area contributed by atoms with Gasteiger partial charge in [0.2, 0.25) is 0 Å². The predicted octanol–water partition coefficient (Wildman–Crippen LogP) is 2.39. The van der Waals surface area contributed by atoms with E-state index in [-0.39, 0.29) is 11.9 Å². The third-order valence-electron chi connectivity index (χ3n) is 4.54. The Hall–Kier alpha value is -2.29. The van der Waals surface area contributed by atoms with Gasteiger partial charge in [0.25, 0.3) is 0 Å². The van der Waals surface area contributed by atoms with Gasteiger partial charge in [0.05, 0.1) is 30.7 Å². The van der Waals surface area contributed by atoms with Crippen LogP contribution in [0.3, 0.4) is 0 Å². The third-order valence-corrected chi connectivity index (χ3v) is 5.59. The Labute approximate surface area is 155 Å². The quantitative estimate of drug-likeness (QED) is 0.815. The van der Waals surface area contributed by atoms with Gasteiger partial charge >= 0.3 is 6.09 Å². The van der Waals surface area contributed by atoms with Crippen molar-refractivity contribution >= 4 is 29.2 Å². The Morgan fingerprint density at radius 1 is 1.31 bits per heavy atom. The van der Waals surface area contributed by atoms with Crippen LogP contribution in [0, 0.1) is 5.82 Å². The molecule has 1 amide bonds. The van der Waals surface area contributed by atoms with Crippen molar-refractivity contribution in [3.8, 4) is 0 Å². The minimum Gasteiger partial charge on any atom is -0.442 e. The Morgan fingerprint density at radius 2 is 2.23 bits per heavy atom. The second-order valence-corrected chi connectivity index (χ2v) is 7.55. The summed E-state index contributed by atoms with van der Waals surface area (Å²) in [6.07, 6.45) is 3.53. The van der Waals surface area contributed by atoms with E-state index in [2.05, 4.69) is 15.2 Å². The first kappa shape index (κ1) is 17.1. The Balaban J connectivity index is 1.47. The van der Waals surface area contributed by atoms with E-state index < -0.39 is 6.09 Å². The van der Waals surface area contributed by atoms with Crippen LogP contribution in [0.2, 0.25) is 0 Å². The second kappa shape index (κ2) is 7.53. The zero-order valence-electron chi connectivity index (χ0n) is 14.3. The van der Waals surface area contributed by atoms with Gasteiger partial charge in [-0.2, -0.15) is 11.8 Å². The van der Waals surface area contributed by atoms with Gasteiger partial charge in [0.1, 0.15) is 11.9 Å². The molecule has 2 aliphatic rings. The van der Waals surface area contributed by atoms with E-state index in [0.29, 0.717) is 24.5 Å². The van der Waals surface area contributed by atoms with Crippen molar-refractivity contribution in [3.63, 3.8) is 0 Å². The Kier molecular flexibility index (Phi) is 4.96. The summed E-state index contributed by atoms with van der Waals surface area (Å²) in [7, 11) is 0. The lowest BCUT2D eigenvalue weighted by Crippen LogP contribution is -2.28. The average Bonchev–Trinajstić information content (AvgIpc) is 3.17. The number of aromatic nitrogens is 3. The largest absolute Gasteiger partial charge is 0.442 e. The number of carbonyl (C=O) groups is 1. The molecule has 0 spiro atoms. The molecule has 0 aliphatic carbocycles. The molecule has 1 aromatic heterocycles. The van der Waals surface area contributed by atoms with Crippen molar-refractivity contribution in [1.29, 1.82) is 0 Å². The molecule has 1 aromatic carbocycles. The minimum absolute atomic E-state index is 0.304. The molecule has 2 saturated heterocycles. The molecule has 2 aliphatic heterocycles. The highest BCUT2D eigenvalue weighted by Gasteiger charge is 2.33. The number of hydrogen-bond acceptors (Lipinski definition) is 6. The van der Waals surface area contributed by atoms with E-state index in [1.165, 1.54) is 11.0 Å². The number of nitrogens with zero attached hydrogens (tertiary/aromatic N) is 5. The summed E-state index contributed by atoms with van der Waals surface area (Å²) in [5.41, 5.74) is 1.12. The number of benzene rings is 1. The first-order valence-electron chi connectivity index (χ1n) is 8.65. The SMILES string of the molecule is O=C1O[C@@H](Cn2ccnn2)CN1c1ccc(N2CCCSCC2)c(F)c1. The maximum atomic E-state index is 14.7. The normalized spacial score (nSPS) is 21.0. The highest BCUT2D eigenvalue weighted by molar-refractivity contribution is 7.99. The zero-order valence-corrected chi connectivity index (χ0v) is 15.1. The van der Waals surface area contributed by atoms with Crippen LogP contribution in [0.15, 0.2) is 30.6 Å². The smallest absolute Gasteiger partial charge is 0.414 e. The van der Waals surface area contributed by atoms with Gasteiger partial charge in [-0.3, -0.25) is 4.90 Å². The standard InChI is InChI=1S/C17H20FN5O2S/c18-15-10-13(2-3-16(15)21-5-1-8-26-9-7-21)23-12-14(25-17(23)24)11-22-6-4-19-20-22/h2-4,6,10,14H,1,5,7-9,11-12H2/t14-/m0/s1. The van der Waals surface area contributed by atoms with Crippen molar-refractivity contribution in [2.75, 3.05) is 40.9 Å². The molecule has 9 heteroatoms. The summed E-state index contributed by atoms with van der Waals surface area (Å²) in [4.78, 5) is 15.7. The number of anilines is 2. The number of halogens is 1. The van der Waals surface area contributed by atoms with Gasteiger partial charge in [0.15, 0.2) is 0 Å². The lowest BCUT2D eigenvalue weighted by molar-refractivity contribution is 0.129. The van der Waals surface area contributed by atoms with E-state index in [1.807, 2.05) is 11.8 Å². The number of rotatable bonds is 4. The van der Waals surface area contributed by atoms with Gasteiger partial charge in [-0.1, -0.05) is 5.21 Å². The van der Waals surface area contributed by atoms with Crippen molar-refractivity contribution in [3.05, 3.63) is 36.4 Å². The van der Waals surface area contributed by atoms with Crippen molar-refractivity contribution < 1.29 is 13.9 Å². The van der Waals surface area contributed by atoms with Gasteiger partial charge in [-0.25, -0.2) is 13.9 Å². The third kappa shape index (κ3) is 3.62. The van der Waals surface area contributed by atoms with Crippen LogP contribution in [-0.4, -0.2) is 58.3 Å². The molecule has 0 bridgehead atoms. The molecule has 0 radical (unpaired) electrons. The van der Waals surface area contributed by atoms with E-state index >= 15 is 0 Å². The number of carbonyl (C=O) groups excluding carboxylic acids is 1. The van der Waals surface area contributed by atoms with Gasteiger partial charge < -0.3 is 9.64 Å². The molecule has 138 valence electrons. The minimum atomic E-state index is -0.464. The van der Waals surface area contributed by atoms with Crippen LogP contribution in [0.5, 0.6) is 0 Å². The summed E-state index contributed by atoms with van der Waals surface area (Å²) in [6, 6.07) is 4.97. The van der Waals surface area contributed by atoms with Gasteiger partial charge in [0, 0.05) is 25.0 Å². The fourth-order valence-electron chi connectivity index (χ4n) is 3.27. The molecule has 3 heterocycles. The lowest BCUT2D eigenvalue weighted by atomic mass is 10.2. The van der Waals surface area contributed by atoms with Crippen LogP contribution in [-0.2, 0) is 11.3 Å². The van der Waals surface area contributed by atoms with Gasteiger partial charge in [-0.05, 0) is 30.4 Å². The molecule has 0 unspecified atom stereocenters. The van der Waals surface area contributed by atoms with Crippen LogP contribution in [0.25, 0.3) is 0 Å². The lowest BCUT2D eigenvalue weighted by Gasteiger charge is -2.24. The fourth-order valence-corrected chi connectivity index (χ4v) is 4.16. The average molecular weight is 377 g/mol. The van der Waals surface area contributed by atoms with Crippen molar-refractivity contribution in [2.24, 2.45) is 0 Å². The highest BCUT2D eigenvalue weighted by Crippen LogP contribution is 2.29. The van der Waals surface area contributed by atoms with E-state index in [4.69, 9.17) is 4.74 Å². The predicted molar refractivity (Wildman–Crippen MR) is 98.2 cm³/mol. The van der Waals surface area contributed by atoms with Crippen molar-refractivity contribution in [2.45, 2.75) is 19.1 Å².